The predicted octanol–water partition coefficient (Wildman–Crippen LogP) is 2.87. The predicted molar refractivity (Wildman–Crippen MR) is 113 cm³/mol. The maximum atomic E-state index is 12.4. The Labute approximate surface area is 178 Å². The molecule has 9 nitrogen and oxygen atoms in total. The summed E-state index contributed by atoms with van der Waals surface area (Å²) >= 11 is 0. The summed E-state index contributed by atoms with van der Waals surface area (Å²) in [6.07, 6.45) is 5.66. The summed E-state index contributed by atoms with van der Waals surface area (Å²) in [4.78, 5) is 32.1. The second-order valence-corrected chi connectivity index (χ2v) is 6.05. The number of nitrogens with zero attached hydrogens (tertiary/aromatic N) is 3. The van der Waals surface area contributed by atoms with Crippen LogP contribution in [0.2, 0.25) is 0 Å². The third-order valence-electron chi connectivity index (χ3n) is 3.97. The van der Waals surface area contributed by atoms with Crippen molar-refractivity contribution in [1.82, 2.24) is 15.4 Å². The van der Waals surface area contributed by atoms with Gasteiger partial charge in [-0.25, -0.2) is 15.2 Å². The van der Waals surface area contributed by atoms with Crippen molar-refractivity contribution in [2.75, 3.05) is 13.7 Å². The summed E-state index contributed by atoms with van der Waals surface area (Å²) in [5.74, 6) is 0.263. The van der Waals surface area contributed by atoms with Gasteiger partial charge in [-0.2, -0.15) is 5.10 Å². The Kier molecular flexibility index (Phi) is 7.26. The molecule has 1 N–H and O–H groups in total. The third kappa shape index (κ3) is 5.86. The molecule has 0 aliphatic heterocycles. The quantitative estimate of drug-likeness (QED) is 0.258. The number of hydrogen-bond donors (Lipinski definition) is 1. The number of esters is 1. The van der Waals surface area contributed by atoms with Crippen LogP contribution < -0.4 is 19.6 Å². The molecule has 0 saturated carbocycles. The van der Waals surface area contributed by atoms with E-state index in [0.717, 1.165) is 0 Å². The van der Waals surface area contributed by atoms with E-state index in [0.29, 0.717) is 29.2 Å². The van der Waals surface area contributed by atoms with Crippen LogP contribution in [-0.2, 0) is 0 Å². The van der Waals surface area contributed by atoms with Crippen molar-refractivity contribution >= 4 is 18.1 Å². The number of ether oxygens (including phenoxy) is 3. The first-order valence-corrected chi connectivity index (χ1v) is 9.33. The summed E-state index contributed by atoms with van der Waals surface area (Å²) < 4.78 is 16.1. The SMILES string of the molecule is CCOc1cc(C=NNC(=O)c2cnccn2)ccc1OC(=O)c1ccc(OC)cc1. The molecule has 3 rings (SSSR count). The molecule has 0 fully saturated rings. The van der Waals surface area contributed by atoms with E-state index < -0.39 is 11.9 Å². The van der Waals surface area contributed by atoms with Crippen molar-refractivity contribution in [3.63, 3.8) is 0 Å². The topological polar surface area (TPSA) is 112 Å². The Hall–Kier alpha value is -4.27. The lowest BCUT2D eigenvalue weighted by molar-refractivity contribution is 0.0728. The first-order chi connectivity index (χ1) is 15.1. The summed E-state index contributed by atoms with van der Waals surface area (Å²) in [5, 5.41) is 3.91. The number of benzene rings is 2. The van der Waals surface area contributed by atoms with Gasteiger partial charge in [0.05, 0.1) is 31.7 Å². The number of hydrogen-bond acceptors (Lipinski definition) is 8. The van der Waals surface area contributed by atoms with Gasteiger partial charge in [-0.05, 0) is 55.0 Å². The van der Waals surface area contributed by atoms with Crippen LogP contribution in [0.3, 0.4) is 0 Å². The highest BCUT2D eigenvalue weighted by molar-refractivity contribution is 5.93. The summed E-state index contributed by atoms with van der Waals surface area (Å²) in [5.41, 5.74) is 3.52. The third-order valence-corrected chi connectivity index (χ3v) is 3.97. The lowest BCUT2D eigenvalue weighted by atomic mass is 10.2. The minimum Gasteiger partial charge on any atom is -0.497 e. The highest BCUT2D eigenvalue weighted by Crippen LogP contribution is 2.29. The molecule has 9 heteroatoms. The zero-order chi connectivity index (χ0) is 22.1. The Morgan fingerprint density at radius 3 is 2.58 bits per heavy atom. The molecule has 0 unspecified atom stereocenters. The number of carbonyl (C=O) groups excluding carboxylic acids is 2. The molecule has 0 aliphatic rings. The van der Waals surface area contributed by atoms with E-state index in [1.165, 1.54) is 24.8 Å². The van der Waals surface area contributed by atoms with E-state index in [2.05, 4.69) is 20.5 Å². The van der Waals surface area contributed by atoms with Crippen LogP contribution in [0, 0.1) is 0 Å². The van der Waals surface area contributed by atoms with E-state index in [1.807, 2.05) is 6.92 Å². The molecule has 31 heavy (non-hydrogen) atoms. The molecule has 0 saturated heterocycles. The van der Waals surface area contributed by atoms with Crippen LogP contribution in [0.5, 0.6) is 17.2 Å². The first kappa shape index (κ1) is 21.4. The Balaban J connectivity index is 1.69. The molecule has 0 atom stereocenters. The molecule has 3 aromatic rings. The van der Waals surface area contributed by atoms with Gasteiger partial charge in [0.15, 0.2) is 11.5 Å². The van der Waals surface area contributed by atoms with Crippen molar-refractivity contribution in [2.45, 2.75) is 6.92 Å². The molecule has 0 spiro atoms. The molecule has 1 amide bonds. The Morgan fingerprint density at radius 1 is 1.10 bits per heavy atom. The Morgan fingerprint density at radius 2 is 1.90 bits per heavy atom. The first-order valence-electron chi connectivity index (χ1n) is 9.33. The standard InChI is InChI=1S/C22H20N4O5/c1-3-30-20-12-15(13-25-26-21(27)18-14-23-10-11-24-18)4-9-19(20)31-22(28)16-5-7-17(29-2)8-6-16/h4-14H,3H2,1-2H3,(H,26,27). The van der Waals surface area contributed by atoms with E-state index in [1.54, 1.807) is 49.6 Å². The number of rotatable bonds is 8. The van der Waals surface area contributed by atoms with Gasteiger partial charge in [0.25, 0.3) is 5.91 Å². The number of carbonyl (C=O) groups is 2. The van der Waals surface area contributed by atoms with Gasteiger partial charge >= 0.3 is 5.97 Å². The minimum absolute atomic E-state index is 0.149. The normalized spacial score (nSPS) is 10.5. The van der Waals surface area contributed by atoms with Crippen LogP contribution >= 0.6 is 0 Å². The molecule has 158 valence electrons. The average Bonchev–Trinajstić information content (AvgIpc) is 2.81. The van der Waals surface area contributed by atoms with Crippen LogP contribution in [0.25, 0.3) is 0 Å². The van der Waals surface area contributed by atoms with E-state index >= 15 is 0 Å². The van der Waals surface area contributed by atoms with Gasteiger partial charge in [0.2, 0.25) is 0 Å². The fourth-order valence-corrected chi connectivity index (χ4v) is 2.48. The van der Waals surface area contributed by atoms with Crippen LogP contribution in [0.15, 0.2) is 66.2 Å². The number of nitrogens with one attached hydrogen (secondary N) is 1. The van der Waals surface area contributed by atoms with E-state index in [-0.39, 0.29) is 11.4 Å². The molecule has 0 radical (unpaired) electrons. The van der Waals surface area contributed by atoms with Gasteiger partial charge in [0, 0.05) is 12.4 Å². The van der Waals surface area contributed by atoms with Gasteiger partial charge < -0.3 is 14.2 Å². The summed E-state index contributed by atoms with van der Waals surface area (Å²) in [6, 6.07) is 11.5. The highest BCUT2D eigenvalue weighted by atomic mass is 16.6. The second-order valence-electron chi connectivity index (χ2n) is 6.05. The number of amides is 1. The van der Waals surface area contributed by atoms with Gasteiger partial charge in [-0.3, -0.25) is 9.78 Å². The molecule has 1 aromatic heterocycles. The average molecular weight is 420 g/mol. The fraction of sp³-hybridized carbons (Fsp3) is 0.136. The fourth-order valence-electron chi connectivity index (χ4n) is 2.48. The second kappa shape index (κ2) is 10.5. The van der Waals surface area contributed by atoms with Crippen molar-refractivity contribution in [3.05, 3.63) is 77.9 Å². The maximum absolute atomic E-state index is 12.4. The lowest BCUT2D eigenvalue weighted by Crippen LogP contribution is -2.19. The molecule has 1 heterocycles. The van der Waals surface area contributed by atoms with Crippen molar-refractivity contribution in [3.8, 4) is 17.2 Å². The highest BCUT2D eigenvalue weighted by Gasteiger charge is 2.13. The number of aromatic nitrogens is 2. The molecule has 0 aliphatic carbocycles. The zero-order valence-electron chi connectivity index (χ0n) is 16.9. The zero-order valence-corrected chi connectivity index (χ0v) is 16.9. The smallest absolute Gasteiger partial charge is 0.343 e. The van der Waals surface area contributed by atoms with Crippen LogP contribution in [0.4, 0.5) is 0 Å². The Bertz CT molecular complexity index is 1070. The van der Waals surface area contributed by atoms with Crippen molar-refractivity contribution in [2.24, 2.45) is 5.10 Å². The largest absolute Gasteiger partial charge is 0.497 e. The van der Waals surface area contributed by atoms with Gasteiger partial charge in [-0.1, -0.05) is 0 Å². The number of methoxy groups -OCH3 is 1. The van der Waals surface area contributed by atoms with Gasteiger partial charge in [-0.15, -0.1) is 0 Å². The monoisotopic (exact) mass is 420 g/mol. The van der Waals surface area contributed by atoms with E-state index in [9.17, 15) is 9.59 Å². The van der Waals surface area contributed by atoms with Crippen molar-refractivity contribution < 1.29 is 23.8 Å². The summed E-state index contributed by atoms with van der Waals surface area (Å²) in [6.45, 7) is 2.19. The summed E-state index contributed by atoms with van der Waals surface area (Å²) in [7, 11) is 1.55. The minimum atomic E-state index is -0.527. The molecular formula is C22H20N4O5. The number of hydrazone groups is 1. The maximum Gasteiger partial charge on any atom is 0.343 e. The molecule has 0 bridgehead atoms. The van der Waals surface area contributed by atoms with Crippen molar-refractivity contribution in [1.29, 1.82) is 0 Å². The molecular weight excluding hydrogens is 400 g/mol. The van der Waals surface area contributed by atoms with Crippen LogP contribution in [0.1, 0.15) is 33.3 Å². The van der Waals surface area contributed by atoms with Gasteiger partial charge in [0.1, 0.15) is 11.4 Å². The molecule has 2 aromatic carbocycles. The van der Waals surface area contributed by atoms with Crippen LogP contribution in [-0.4, -0.2) is 41.8 Å². The van der Waals surface area contributed by atoms with E-state index in [4.69, 9.17) is 14.2 Å². The lowest BCUT2D eigenvalue weighted by Gasteiger charge is -2.11.